The normalized spacial score (nSPS) is 13.1. The highest BCUT2D eigenvalue weighted by atomic mass is 32.1. The van der Waals surface area contributed by atoms with Crippen LogP contribution in [0.3, 0.4) is 0 Å². The van der Waals surface area contributed by atoms with Gasteiger partial charge in [-0.15, -0.1) is 0 Å². The minimum Gasteiger partial charge on any atom is -0.490 e. The molecule has 2 heterocycles. The van der Waals surface area contributed by atoms with Gasteiger partial charge in [-0.2, -0.15) is 10.2 Å². The summed E-state index contributed by atoms with van der Waals surface area (Å²) in [5.74, 6) is 1.50. The molecule has 8 heteroatoms. The van der Waals surface area contributed by atoms with E-state index in [1.54, 1.807) is 13.3 Å². The lowest BCUT2D eigenvalue weighted by molar-refractivity contribution is 0.297. The van der Waals surface area contributed by atoms with Crippen LogP contribution in [-0.2, 0) is 6.54 Å². The number of rotatable bonds is 5. The number of hydrogen-bond acceptors (Lipinski definition) is 5. The molecular formula is C22H23N5O2S. The van der Waals surface area contributed by atoms with Gasteiger partial charge in [0, 0.05) is 30.8 Å². The minimum atomic E-state index is 0.444. The summed E-state index contributed by atoms with van der Waals surface area (Å²) in [6, 6.07) is 16.1. The SMILES string of the molecule is CNC(=S)N/N=C\c1cn(Cc2ccccc2)nc1-c1ccc2c(c1)OCCCO2. The maximum Gasteiger partial charge on any atom is 0.186 e. The van der Waals surface area contributed by atoms with E-state index in [4.69, 9.17) is 26.8 Å². The van der Waals surface area contributed by atoms with E-state index in [9.17, 15) is 0 Å². The maximum absolute atomic E-state index is 5.85. The van der Waals surface area contributed by atoms with Crippen molar-refractivity contribution in [3.63, 3.8) is 0 Å². The van der Waals surface area contributed by atoms with Crippen molar-refractivity contribution in [2.24, 2.45) is 5.10 Å². The van der Waals surface area contributed by atoms with Gasteiger partial charge >= 0.3 is 0 Å². The summed E-state index contributed by atoms with van der Waals surface area (Å²) in [6.45, 7) is 1.96. The van der Waals surface area contributed by atoms with Gasteiger partial charge in [0.2, 0.25) is 0 Å². The van der Waals surface area contributed by atoms with E-state index < -0.39 is 0 Å². The van der Waals surface area contributed by atoms with Gasteiger partial charge in [-0.25, -0.2) is 0 Å². The molecule has 3 aromatic rings. The summed E-state index contributed by atoms with van der Waals surface area (Å²) < 4.78 is 13.5. The molecule has 0 amide bonds. The average Bonchev–Trinajstić information content (AvgIpc) is 3.01. The van der Waals surface area contributed by atoms with Crippen molar-refractivity contribution in [2.45, 2.75) is 13.0 Å². The minimum absolute atomic E-state index is 0.444. The highest BCUT2D eigenvalue weighted by molar-refractivity contribution is 7.80. The number of nitrogens with one attached hydrogen (secondary N) is 2. The van der Waals surface area contributed by atoms with Crippen LogP contribution in [0.2, 0.25) is 0 Å². The van der Waals surface area contributed by atoms with Crippen LogP contribution >= 0.6 is 12.2 Å². The Hall–Kier alpha value is -3.39. The Morgan fingerprint density at radius 1 is 1.17 bits per heavy atom. The molecule has 7 nitrogen and oxygen atoms in total. The Morgan fingerprint density at radius 2 is 1.97 bits per heavy atom. The van der Waals surface area contributed by atoms with E-state index in [1.807, 2.05) is 47.3 Å². The quantitative estimate of drug-likeness (QED) is 0.375. The standard InChI is InChI=1S/C22H23N5O2S/c1-23-22(30)25-24-13-18-15-27(14-16-6-3-2-4-7-16)26-21(18)17-8-9-19-20(12-17)29-11-5-10-28-19/h2-4,6-9,12-13,15H,5,10-11,14H2,1H3,(H2,23,25,30)/b24-13-. The van der Waals surface area contributed by atoms with Gasteiger partial charge in [0.25, 0.3) is 0 Å². The van der Waals surface area contributed by atoms with Gasteiger partial charge in [0.15, 0.2) is 16.6 Å². The molecule has 0 saturated carbocycles. The summed E-state index contributed by atoms with van der Waals surface area (Å²) in [5, 5.41) is 12.3. The van der Waals surface area contributed by atoms with E-state index in [0.717, 1.165) is 34.7 Å². The third kappa shape index (κ3) is 4.77. The van der Waals surface area contributed by atoms with Crippen LogP contribution in [0.15, 0.2) is 59.8 Å². The summed E-state index contributed by atoms with van der Waals surface area (Å²) in [5.41, 5.74) is 6.56. The van der Waals surface area contributed by atoms with E-state index in [0.29, 0.717) is 24.9 Å². The topological polar surface area (TPSA) is 72.7 Å². The highest BCUT2D eigenvalue weighted by Gasteiger charge is 2.15. The number of thiocarbonyl (C=S) groups is 1. The van der Waals surface area contributed by atoms with Crippen molar-refractivity contribution in [3.8, 4) is 22.8 Å². The lowest BCUT2D eigenvalue weighted by atomic mass is 10.1. The van der Waals surface area contributed by atoms with E-state index in [1.165, 1.54) is 5.56 Å². The lowest BCUT2D eigenvalue weighted by Crippen LogP contribution is -2.28. The molecule has 154 valence electrons. The Kier molecular flexibility index (Phi) is 6.24. The average molecular weight is 422 g/mol. The number of nitrogens with zero attached hydrogens (tertiary/aromatic N) is 3. The molecule has 0 fully saturated rings. The third-order valence-electron chi connectivity index (χ3n) is 4.60. The zero-order chi connectivity index (χ0) is 20.8. The van der Waals surface area contributed by atoms with Gasteiger partial charge in [-0.05, 0) is 36.0 Å². The molecule has 0 aliphatic carbocycles. The van der Waals surface area contributed by atoms with Crippen LogP contribution in [0.4, 0.5) is 0 Å². The molecule has 1 aliphatic heterocycles. The van der Waals surface area contributed by atoms with Crippen LogP contribution in [0.25, 0.3) is 11.3 Å². The van der Waals surface area contributed by atoms with Gasteiger partial charge in [0.1, 0.15) is 5.69 Å². The molecule has 0 radical (unpaired) electrons. The Morgan fingerprint density at radius 3 is 2.77 bits per heavy atom. The second kappa shape index (κ2) is 9.41. The molecule has 1 aliphatic rings. The first kappa shape index (κ1) is 19.9. The smallest absolute Gasteiger partial charge is 0.186 e. The summed E-state index contributed by atoms with van der Waals surface area (Å²) in [7, 11) is 1.74. The first-order valence-electron chi connectivity index (χ1n) is 9.75. The largest absolute Gasteiger partial charge is 0.490 e. The molecule has 2 N–H and O–H groups in total. The number of hydrazone groups is 1. The van der Waals surface area contributed by atoms with Crippen molar-refractivity contribution in [1.29, 1.82) is 0 Å². The molecule has 0 spiro atoms. The Labute approximate surface area is 180 Å². The molecule has 0 saturated heterocycles. The van der Waals surface area contributed by atoms with Crippen LogP contribution in [0.5, 0.6) is 11.5 Å². The molecule has 0 bridgehead atoms. The monoisotopic (exact) mass is 421 g/mol. The predicted molar refractivity (Wildman–Crippen MR) is 121 cm³/mol. The van der Waals surface area contributed by atoms with E-state index in [2.05, 4.69) is 28.0 Å². The predicted octanol–water partition coefficient (Wildman–Crippen LogP) is 3.19. The van der Waals surface area contributed by atoms with Crippen LogP contribution in [-0.4, -0.2) is 41.4 Å². The first-order valence-corrected chi connectivity index (χ1v) is 10.2. The number of benzene rings is 2. The summed E-state index contributed by atoms with van der Waals surface area (Å²) >= 11 is 5.08. The molecule has 4 rings (SSSR count). The number of fused-ring (bicyclic) bond motifs is 1. The van der Waals surface area contributed by atoms with Gasteiger partial charge in [-0.1, -0.05) is 30.3 Å². The highest BCUT2D eigenvalue weighted by Crippen LogP contribution is 2.34. The molecular weight excluding hydrogens is 398 g/mol. The van der Waals surface area contributed by atoms with Crippen molar-refractivity contribution in [2.75, 3.05) is 20.3 Å². The molecule has 30 heavy (non-hydrogen) atoms. The Bertz CT molecular complexity index is 1050. The van der Waals surface area contributed by atoms with E-state index in [-0.39, 0.29) is 0 Å². The van der Waals surface area contributed by atoms with Gasteiger partial charge in [-0.3, -0.25) is 10.1 Å². The summed E-state index contributed by atoms with van der Waals surface area (Å²) in [4.78, 5) is 0. The molecule has 1 aromatic heterocycles. The first-order chi connectivity index (χ1) is 14.7. The van der Waals surface area contributed by atoms with E-state index >= 15 is 0 Å². The Balaban J connectivity index is 1.67. The zero-order valence-electron chi connectivity index (χ0n) is 16.7. The van der Waals surface area contributed by atoms with Gasteiger partial charge < -0.3 is 14.8 Å². The fourth-order valence-corrected chi connectivity index (χ4v) is 3.19. The van der Waals surface area contributed by atoms with Crippen molar-refractivity contribution in [3.05, 3.63) is 65.9 Å². The van der Waals surface area contributed by atoms with Gasteiger partial charge in [0.05, 0.1) is 26.0 Å². The lowest BCUT2D eigenvalue weighted by Gasteiger charge is -2.08. The second-order valence-electron chi connectivity index (χ2n) is 6.78. The third-order valence-corrected chi connectivity index (χ3v) is 4.89. The van der Waals surface area contributed by atoms with Crippen molar-refractivity contribution in [1.82, 2.24) is 20.5 Å². The number of aromatic nitrogens is 2. The fraction of sp³-hybridized carbons (Fsp3) is 0.227. The maximum atomic E-state index is 5.85. The van der Waals surface area contributed by atoms with Crippen molar-refractivity contribution >= 4 is 23.5 Å². The molecule has 2 aromatic carbocycles. The molecule has 0 atom stereocenters. The van der Waals surface area contributed by atoms with Crippen LogP contribution in [0, 0.1) is 0 Å². The second-order valence-corrected chi connectivity index (χ2v) is 7.19. The number of hydrogen-bond donors (Lipinski definition) is 2. The summed E-state index contributed by atoms with van der Waals surface area (Å²) in [6.07, 6.45) is 4.56. The van der Waals surface area contributed by atoms with Crippen LogP contribution in [0.1, 0.15) is 17.5 Å². The molecule has 0 unspecified atom stereocenters. The number of ether oxygens (including phenoxy) is 2. The fourth-order valence-electron chi connectivity index (χ4n) is 3.13. The van der Waals surface area contributed by atoms with Crippen molar-refractivity contribution < 1.29 is 9.47 Å². The zero-order valence-corrected chi connectivity index (χ0v) is 17.5. The van der Waals surface area contributed by atoms with Crippen LogP contribution < -0.4 is 20.2 Å².